The Labute approximate surface area is 262 Å². The molecule has 0 radical (unpaired) electrons. The number of amides is 4. The average Bonchev–Trinajstić information content (AvgIpc) is 2.99. The molecule has 0 aliphatic rings. The van der Waals surface area contributed by atoms with E-state index in [1.54, 1.807) is 24.3 Å². The lowest BCUT2D eigenvalue weighted by Crippen LogP contribution is -2.30. The molecule has 0 heterocycles. The molecule has 4 amide bonds. The molecule has 0 aromatic heterocycles. The number of benzene rings is 4. The minimum atomic E-state index is -3.74. The summed E-state index contributed by atoms with van der Waals surface area (Å²) in [5, 5.41) is 21.3. The molecule has 14 heteroatoms. The summed E-state index contributed by atoms with van der Waals surface area (Å²) in [6.07, 6.45) is 1.71. The Bertz CT molecular complexity index is 1690. The standard InChI is InChI=1S/C31H34N6O6S2/c32-44(40,41)28-13-5-22(6-14-28)17-19-34-30(38)36-26-9-1-24(2-10-26)21-25-3-11-27(12-4-25)37-31(39)35-20-18-23-7-15-29(16-8-23)45(33,42)43/h1-16H,17-21H2,(H2,32,40,41)(H2,33,42,43)(H2,34,36,38)(H2,35,37,39). The van der Waals surface area contributed by atoms with Crippen LogP contribution in [0.25, 0.3) is 0 Å². The van der Waals surface area contributed by atoms with E-state index in [4.69, 9.17) is 10.3 Å². The van der Waals surface area contributed by atoms with Crippen molar-refractivity contribution in [1.82, 2.24) is 10.6 Å². The zero-order chi connectivity index (χ0) is 32.5. The Kier molecular flexibility index (Phi) is 10.9. The highest BCUT2D eigenvalue weighted by molar-refractivity contribution is 7.89. The number of carbonyl (C=O) groups is 2. The van der Waals surface area contributed by atoms with Gasteiger partial charge in [0, 0.05) is 24.5 Å². The van der Waals surface area contributed by atoms with Crippen LogP contribution < -0.4 is 31.5 Å². The number of hydrogen-bond donors (Lipinski definition) is 6. The largest absolute Gasteiger partial charge is 0.338 e. The van der Waals surface area contributed by atoms with Gasteiger partial charge < -0.3 is 21.3 Å². The predicted molar refractivity (Wildman–Crippen MR) is 173 cm³/mol. The van der Waals surface area contributed by atoms with Crippen LogP contribution in [0.3, 0.4) is 0 Å². The maximum Gasteiger partial charge on any atom is 0.319 e. The number of rotatable bonds is 12. The van der Waals surface area contributed by atoms with E-state index in [1.807, 2.05) is 48.5 Å². The summed E-state index contributed by atoms with van der Waals surface area (Å²) in [5.74, 6) is 0. The molecule has 4 aromatic rings. The molecule has 236 valence electrons. The van der Waals surface area contributed by atoms with Gasteiger partial charge in [-0.25, -0.2) is 36.7 Å². The van der Waals surface area contributed by atoms with E-state index in [-0.39, 0.29) is 21.9 Å². The van der Waals surface area contributed by atoms with Gasteiger partial charge in [-0.1, -0.05) is 48.5 Å². The lowest BCUT2D eigenvalue weighted by molar-refractivity contribution is 0.251. The van der Waals surface area contributed by atoms with Crippen molar-refractivity contribution in [3.63, 3.8) is 0 Å². The monoisotopic (exact) mass is 650 g/mol. The highest BCUT2D eigenvalue weighted by Crippen LogP contribution is 2.16. The Morgan fingerprint density at radius 3 is 1.11 bits per heavy atom. The van der Waals surface area contributed by atoms with Crippen molar-refractivity contribution in [3.8, 4) is 0 Å². The van der Waals surface area contributed by atoms with E-state index in [0.717, 1.165) is 22.3 Å². The molecule has 0 saturated carbocycles. The lowest BCUT2D eigenvalue weighted by atomic mass is 10.0. The van der Waals surface area contributed by atoms with Crippen LogP contribution in [0.4, 0.5) is 21.0 Å². The van der Waals surface area contributed by atoms with Crippen LogP contribution in [0.1, 0.15) is 22.3 Å². The number of anilines is 2. The van der Waals surface area contributed by atoms with Crippen LogP contribution in [-0.2, 0) is 39.3 Å². The number of carbonyl (C=O) groups excluding carboxylic acids is 2. The molecule has 0 atom stereocenters. The second-order valence-electron chi connectivity index (χ2n) is 10.2. The lowest BCUT2D eigenvalue weighted by Gasteiger charge is -2.10. The number of nitrogens with two attached hydrogens (primary N) is 2. The molecule has 45 heavy (non-hydrogen) atoms. The Morgan fingerprint density at radius 1 is 0.489 bits per heavy atom. The van der Waals surface area contributed by atoms with E-state index in [9.17, 15) is 26.4 Å². The maximum atomic E-state index is 12.3. The fraction of sp³-hybridized carbons (Fsp3) is 0.161. The van der Waals surface area contributed by atoms with Crippen molar-refractivity contribution in [2.45, 2.75) is 29.1 Å². The molecule has 0 unspecified atom stereocenters. The van der Waals surface area contributed by atoms with E-state index >= 15 is 0 Å². The van der Waals surface area contributed by atoms with Crippen LogP contribution in [0, 0.1) is 0 Å². The Morgan fingerprint density at radius 2 is 0.800 bits per heavy atom. The summed E-state index contributed by atoms with van der Waals surface area (Å²) in [6, 6.07) is 26.6. The molecule has 12 nitrogen and oxygen atoms in total. The second-order valence-corrected chi connectivity index (χ2v) is 13.3. The van der Waals surface area contributed by atoms with Gasteiger partial charge in [-0.15, -0.1) is 0 Å². The van der Waals surface area contributed by atoms with Gasteiger partial charge in [0.15, 0.2) is 0 Å². The van der Waals surface area contributed by atoms with E-state index in [2.05, 4.69) is 21.3 Å². The molecule has 4 aromatic carbocycles. The molecule has 0 bridgehead atoms. The fourth-order valence-corrected chi connectivity index (χ4v) is 5.36. The molecule has 0 aliphatic carbocycles. The van der Waals surface area contributed by atoms with Crippen LogP contribution >= 0.6 is 0 Å². The molecule has 0 spiro atoms. The first-order valence-electron chi connectivity index (χ1n) is 13.9. The summed E-state index contributed by atoms with van der Waals surface area (Å²) < 4.78 is 45.4. The molecule has 0 aliphatic heterocycles. The fourth-order valence-electron chi connectivity index (χ4n) is 4.33. The zero-order valence-electron chi connectivity index (χ0n) is 24.2. The smallest absolute Gasteiger partial charge is 0.319 e. The van der Waals surface area contributed by atoms with E-state index < -0.39 is 20.0 Å². The number of hydrogen-bond acceptors (Lipinski definition) is 6. The predicted octanol–water partition coefficient (Wildman–Crippen LogP) is 3.30. The number of nitrogens with one attached hydrogen (secondary N) is 4. The van der Waals surface area contributed by atoms with Crippen molar-refractivity contribution < 1.29 is 26.4 Å². The SMILES string of the molecule is NS(=O)(=O)c1ccc(CCNC(=O)Nc2ccc(Cc3ccc(NC(=O)NCCc4ccc(S(N)(=O)=O)cc4)cc3)cc2)cc1. The summed E-state index contributed by atoms with van der Waals surface area (Å²) in [5.41, 5.74) is 5.09. The first-order chi connectivity index (χ1) is 21.3. The third kappa shape index (κ3) is 10.7. The van der Waals surface area contributed by atoms with Gasteiger partial charge >= 0.3 is 12.1 Å². The van der Waals surface area contributed by atoms with Crippen LogP contribution in [-0.4, -0.2) is 42.0 Å². The minimum absolute atomic E-state index is 0.0408. The third-order valence-electron chi connectivity index (χ3n) is 6.73. The number of urea groups is 2. The second kappa shape index (κ2) is 14.8. The van der Waals surface area contributed by atoms with Crippen LogP contribution in [0.15, 0.2) is 107 Å². The molecular formula is C31H34N6O6S2. The Balaban J connectivity index is 1.16. The summed E-state index contributed by atoms with van der Waals surface area (Å²) in [7, 11) is -7.47. The average molecular weight is 651 g/mol. The summed E-state index contributed by atoms with van der Waals surface area (Å²) in [4.78, 5) is 24.6. The van der Waals surface area contributed by atoms with Crippen molar-refractivity contribution in [1.29, 1.82) is 0 Å². The number of primary sulfonamides is 2. The topological polar surface area (TPSA) is 203 Å². The normalized spacial score (nSPS) is 11.4. The molecule has 0 fully saturated rings. The van der Waals surface area contributed by atoms with Crippen molar-refractivity contribution in [2.75, 3.05) is 23.7 Å². The first-order valence-corrected chi connectivity index (χ1v) is 17.0. The van der Waals surface area contributed by atoms with Gasteiger partial charge in [-0.2, -0.15) is 0 Å². The zero-order valence-corrected chi connectivity index (χ0v) is 25.8. The van der Waals surface area contributed by atoms with Gasteiger partial charge in [0.2, 0.25) is 20.0 Å². The maximum absolute atomic E-state index is 12.3. The van der Waals surface area contributed by atoms with Crippen molar-refractivity contribution in [3.05, 3.63) is 119 Å². The van der Waals surface area contributed by atoms with Crippen molar-refractivity contribution in [2.24, 2.45) is 10.3 Å². The molecule has 4 rings (SSSR count). The van der Waals surface area contributed by atoms with Gasteiger partial charge in [0.05, 0.1) is 9.79 Å². The number of sulfonamides is 2. The quantitative estimate of drug-likeness (QED) is 0.136. The Hall–Kier alpha value is -4.76. The highest BCUT2D eigenvalue weighted by Gasteiger charge is 2.09. The third-order valence-corrected chi connectivity index (χ3v) is 8.59. The van der Waals surface area contributed by atoms with Crippen LogP contribution in [0.2, 0.25) is 0 Å². The summed E-state index contributed by atoms with van der Waals surface area (Å²) in [6.45, 7) is 0.732. The van der Waals surface area contributed by atoms with Crippen molar-refractivity contribution >= 4 is 43.5 Å². The molecule has 0 saturated heterocycles. The van der Waals surface area contributed by atoms with Gasteiger partial charge in [0.25, 0.3) is 0 Å². The molecular weight excluding hydrogens is 617 g/mol. The molecule has 8 N–H and O–H groups in total. The van der Waals surface area contributed by atoms with Gasteiger partial charge in [0.1, 0.15) is 0 Å². The van der Waals surface area contributed by atoms with E-state index in [1.165, 1.54) is 24.3 Å². The van der Waals surface area contributed by atoms with Gasteiger partial charge in [-0.3, -0.25) is 0 Å². The first kappa shape index (κ1) is 33.1. The van der Waals surface area contributed by atoms with Crippen LogP contribution in [0.5, 0.6) is 0 Å². The van der Waals surface area contributed by atoms with E-state index in [0.29, 0.717) is 43.7 Å². The minimum Gasteiger partial charge on any atom is -0.338 e. The highest BCUT2D eigenvalue weighted by atomic mass is 32.2. The van der Waals surface area contributed by atoms with Gasteiger partial charge in [-0.05, 0) is 90.0 Å². The summed E-state index contributed by atoms with van der Waals surface area (Å²) >= 11 is 0.